The van der Waals surface area contributed by atoms with Crippen LogP contribution in [0.1, 0.15) is 66.8 Å². The van der Waals surface area contributed by atoms with Crippen molar-refractivity contribution in [3.05, 3.63) is 112 Å². The first-order valence-corrected chi connectivity index (χ1v) is 14.5. The molecule has 0 aliphatic rings. The highest BCUT2D eigenvalue weighted by atomic mass is 35.5. The number of hydrogen-bond donors (Lipinski definition) is 2. The lowest BCUT2D eigenvalue weighted by Crippen LogP contribution is -2.17. The van der Waals surface area contributed by atoms with E-state index in [-0.39, 0.29) is 11.2 Å². The zero-order chi connectivity index (χ0) is 28.2. The van der Waals surface area contributed by atoms with Gasteiger partial charge in [-0.1, -0.05) is 92.2 Å². The maximum Gasteiger partial charge on any atom is 0.307 e. The van der Waals surface area contributed by atoms with E-state index in [2.05, 4.69) is 37.3 Å². The Labute approximate surface area is 239 Å². The lowest BCUT2D eigenvalue weighted by molar-refractivity contribution is -0.140. The van der Waals surface area contributed by atoms with Gasteiger partial charge in [0.25, 0.3) is 0 Å². The molecule has 3 unspecified atom stereocenters. The zero-order valence-corrected chi connectivity index (χ0v) is 24.2. The van der Waals surface area contributed by atoms with Crippen molar-refractivity contribution in [2.45, 2.75) is 44.5 Å². The topological polar surface area (TPSA) is 70.4 Å². The number of halogens is 1. The van der Waals surface area contributed by atoms with Crippen LogP contribution in [0.25, 0.3) is 23.1 Å². The minimum atomic E-state index is -0.963. The van der Waals surface area contributed by atoms with Gasteiger partial charge in [-0.25, -0.2) is 4.98 Å². The average molecular weight is 560 g/mol. The minimum absolute atomic E-state index is 0.0141. The van der Waals surface area contributed by atoms with Crippen LogP contribution in [0, 0.1) is 5.92 Å². The number of thioether (sulfide) groups is 1. The van der Waals surface area contributed by atoms with Crippen molar-refractivity contribution in [1.29, 1.82) is 0 Å². The number of rotatable bonds is 10. The van der Waals surface area contributed by atoms with Crippen molar-refractivity contribution in [3.8, 4) is 0 Å². The van der Waals surface area contributed by atoms with Gasteiger partial charge in [0.1, 0.15) is 0 Å². The third-order valence-corrected chi connectivity index (χ3v) is 8.85. The maximum absolute atomic E-state index is 11.5. The van der Waals surface area contributed by atoms with Gasteiger partial charge in [-0.05, 0) is 66.3 Å². The standard InChI is InChI=1S/C33H34ClNO3S/c1-21(32(36)37)20-39-31(26-9-6-10-27(18-26)33(3,4)38)22(2)25-8-5-7-23(17-25)11-15-29-16-13-24-12-14-28(34)19-30(24)35-29/h5-19,21-22,31,38H,20H2,1-4H3,(H,36,37). The van der Waals surface area contributed by atoms with Crippen LogP contribution in [0.3, 0.4) is 0 Å². The van der Waals surface area contributed by atoms with E-state index in [9.17, 15) is 15.0 Å². The first kappa shape index (κ1) is 28.9. The predicted octanol–water partition coefficient (Wildman–Crippen LogP) is 8.58. The summed E-state index contributed by atoms with van der Waals surface area (Å²) in [7, 11) is 0. The summed E-state index contributed by atoms with van der Waals surface area (Å²) in [4.78, 5) is 16.2. The summed E-state index contributed by atoms with van der Waals surface area (Å²) in [6, 6.07) is 26.1. The van der Waals surface area contributed by atoms with E-state index in [1.54, 1.807) is 32.5 Å². The minimum Gasteiger partial charge on any atom is -0.481 e. The second-order valence-corrected chi connectivity index (χ2v) is 12.2. The molecule has 0 saturated carbocycles. The number of carboxylic acid groups (broad SMARTS) is 1. The molecule has 1 heterocycles. The van der Waals surface area contributed by atoms with Gasteiger partial charge in [0, 0.05) is 21.4 Å². The number of fused-ring (bicyclic) bond motifs is 1. The van der Waals surface area contributed by atoms with Crippen LogP contribution in [0.15, 0.2) is 78.9 Å². The van der Waals surface area contributed by atoms with Gasteiger partial charge in [0.2, 0.25) is 0 Å². The lowest BCUT2D eigenvalue weighted by Gasteiger charge is -2.27. The van der Waals surface area contributed by atoms with Crippen molar-refractivity contribution in [2.24, 2.45) is 5.92 Å². The Morgan fingerprint density at radius 2 is 1.69 bits per heavy atom. The number of hydrogen-bond acceptors (Lipinski definition) is 4. The number of pyridine rings is 1. The predicted molar refractivity (Wildman–Crippen MR) is 164 cm³/mol. The van der Waals surface area contributed by atoms with Gasteiger partial charge in [0.05, 0.1) is 22.7 Å². The molecule has 0 aliphatic heterocycles. The second kappa shape index (κ2) is 12.4. The highest BCUT2D eigenvalue weighted by Crippen LogP contribution is 2.43. The molecular formula is C33H34ClNO3S. The third kappa shape index (κ3) is 7.51. The summed E-state index contributed by atoms with van der Waals surface area (Å²) >= 11 is 7.80. The summed E-state index contributed by atoms with van der Waals surface area (Å²) in [6.07, 6.45) is 4.05. The van der Waals surface area contributed by atoms with Crippen molar-refractivity contribution < 1.29 is 15.0 Å². The maximum atomic E-state index is 11.5. The van der Waals surface area contributed by atoms with E-state index >= 15 is 0 Å². The molecule has 4 nitrogen and oxygen atoms in total. The van der Waals surface area contributed by atoms with Crippen LogP contribution < -0.4 is 0 Å². The molecule has 0 radical (unpaired) electrons. The quantitative estimate of drug-likeness (QED) is 0.203. The summed E-state index contributed by atoms with van der Waals surface area (Å²) in [5, 5.41) is 21.8. The van der Waals surface area contributed by atoms with E-state index < -0.39 is 17.5 Å². The van der Waals surface area contributed by atoms with Gasteiger partial charge in [0.15, 0.2) is 0 Å². The number of aliphatic hydroxyl groups is 1. The Kier molecular flexibility index (Phi) is 9.16. The molecule has 4 rings (SSSR count). The number of benzene rings is 3. The van der Waals surface area contributed by atoms with Gasteiger partial charge in [-0.3, -0.25) is 4.79 Å². The molecule has 0 aliphatic carbocycles. The molecular weight excluding hydrogens is 526 g/mol. The van der Waals surface area contributed by atoms with E-state index in [0.29, 0.717) is 10.8 Å². The Bertz CT molecular complexity index is 1490. The molecule has 4 aromatic rings. The van der Waals surface area contributed by atoms with Gasteiger partial charge in [-0.15, -0.1) is 0 Å². The highest BCUT2D eigenvalue weighted by Gasteiger charge is 2.26. The van der Waals surface area contributed by atoms with E-state index in [4.69, 9.17) is 16.6 Å². The first-order chi connectivity index (χ1) is 18.5. The first-order valence-electron chi connectivity index (χ1n) is 13.0. The van der Waals surface area contributed by atoms with E-state index in [1.807, 2.05) is 60.7 Å². The Balaban J connectivity index is 1.62. The Hall–Kier alpha value is -3.12. The van der Waals surface area contributed by atoms with Crippen LogP contribution in [0.4, 0.5) is 0 Å². The van der Waals surface area contributed by atoms with Crippen LogP contribution >= 0.6 is 23.4 Å². The Morgan fingerprint density at radius 3 is 2.44 bits per heavy atom. The smallest absolute Gasteiger partial charge is 0.307 e. The van der Waals surface area contributed by atoms with Crippen LogP contribution in [-0.2, 0) is 10.4 Å². The van der Waals surface area contributed by atoms with Gasteiger partial charge in [-0.2, -0.15) is 11.8 Å². The fraction of sp³-hybridized carbons (Fsp3) is 0.273. The normalized spacial score (nSPS) is 14.4. The monoisotopic (exact) mass is 559 g/mol. The fourth-order valence-corrected chi connectivity index (χ4v) is 6.04. The van der Waals surface area contributed by atoms with Crippen molar-refractivity contribution >= 4 is 52.4 Å². The number of carbonyl (C=O) groups is 1. The van der Waals surface area contributed by atoms with Crippen molar-refractivity contribution in [2.75, 3.05) is 5.75 Å². The Morgan fingerprint density at radius 1 is 0.974 bits per heavy atom. The van der Waals surface area contributed by atoms with Crippen molar-refractivity contribution in [1.82, 2.24) is 4.98 Å². The molecule has 0 fully saturated rings. The van der Waals surface area contributed by atoms with Gasteiger partial charge < -0.3 is 10.2 Å². The van der Waals surface area contributed by atoms with Crippen LogP contribution in [0.2, 0.25) is 5.02 Å². The molecule has 0 spiro atoms. The summed E-state index contributed by atoms with van der Waals surface area (Å²) in [5.41, 5.74) is 4.87. The number of aromatic nitrogens is 1. The average Bonchev–Trinajstić information content (AvgIpc) is 2.91. The molecule has 39 heavy (non-hydrogen) atoms. The molecule has 3 aromatic carbocycles. The fourth-order valence-electron chi connectivity index (χ4n) is 4.45. The molecule has 6 heteroatoms. The largest absolute Gasteiger partial charge is 0.481 e. The lowest BCUT2D eigenvalue weighted by atomic mass is 9.89. The van der Waals surface area contributed by atoms with Crippen LogP contribution in [0.5, 0.6) is 0 Å². The van der Waals surface area contributed by atoms with Crippen LogP contribution in [-0.4, -0.2) is 26.9 Å². The molecule has 202 valence electrons. The van der Waals surface area contributed by atoms with E-state index in [1.165, 1.54) is 0 Å². The van der Waals surface area contributed by atoms with Crippen molar-refractivity contribution in [3.63, 3.8) is 0 Å². The third-order valence-electron chi connectivity index (χ3n) is 6.88. The van der Waals surface area contributed by atoms with E-state index in [0.717, 1.165) is 38.9 Å². The molecule has 3 atom stereocenters. The molecule has 0 bridgehead atoms. The summed E-state index contributed by atoms with van der Waals surface area (Å²) in [6.45, 7) is 7.47. The highest BCUT2D eigenvalue weighted by molar-refractivity contribution is 7.99. The number of aliphatic carboxylic acids is 1. The molecule has 2 N–H and O–H groups in total. The second-order valence-electron chi connectivity index (χ2n) is 10.5. The number of carboxylic acids is 1. The molecule has 0 amide bonds. The number of nitrogens with zero attached hydrogens (tertiary/aromatic N) is 1. The van der Waals surface area contributed by atoms with Gasteiger partial charge >= 0.3 is 5.97 Å². The zero-order valence-electron chi connectivity index (χ0n) is 22.6. The summed E-state index contributed by atoms with van der Waals surface area (Å²) < 4.78 is 0. The SMILES string of the molecule is CC(CSC(c1cccc(C(C)(C)O)c1)C(C)c1cccc(C=Cc2ccc3ccc(Cl)cc3n2)c1)C(=O)O. The summed E-state index contributed by atoms with van der Waals surface area (Å²) in [5.74, 6) is -0.659. The molecule has 0 saturated heterocycles. The molecule has 1 aromatic heterocycles.